The quantitative estimate of drug-likeness (QED) is 0.859. The maximum absolute atomic E-state index is 12.9. The van der Waals surface area contributed by atoms with Gasteiger partial charge in [0.25, 0.3) is 5.91 Å². The van der Waals surface area contributed by atoms with Gasteiger partial charge >= 0.3 is 6.09 Å². The Bertz CT molecular complexity index is 832. The number of aryl methyl sites for hydroxylation is 1. The summed E-state index contributed by atoms with van der Waals surface area (Å²) in [5.74, 6) is 0.578. The fourth-order valence-corrected chi connectivity index (χ4v) is 3.21. The number of rotatable bonds is 5. The normalized spacial score (nSPS) is 13.9. The van der Waals surface area contributed by atoms with Crippen molar-refractivity contribution in [3.8, 4) is 0 Å². The molecule has 1 aromatic carbocycles. The molecule has 0 spiro atoms. The summed E-state index contributed by atoms with van der Waals surface area (Å²) >= 11 is 0. The highest BCUT2D eigenvalue weighted by molar-refractivity contribution is 5.95. The number of hydrogen-bond acceptors (Lipinski definition) is 5. The van der Waals surface area contributed by atoms with Crippen LogP contribution in [-0.2, 0) is 11.2 Å². The van der Waals surface area contributed by atoms with Crippen LogP contribution in [0, 0.1) is 0 Å². The summed E-state index contributed by atoms with van der Waals surface area (Å²) in [6.45, 7) is 6.17. The summed E-state index contributed by atoms with van der Waals surface area (Å²) in [5, 5.41) is 3.31. The molecule has 2 heterocycles. The predicted octanol–water partition coefficient (Wildman–Crippen LogP) is 3.30. The number of carbonyl (C=O) groups is 2. The first-order chi connectivity index (χ1) is 13.6. The van der Waals surface area contributed by atoms with Crippen molar-refractivity contribution in [1.29, 1.82) is 0 Å². The molecule has 28 heavy (non-hydrogen) atoms. The fraction of sp³-hybridized carbons (Fsp3) is 0.381. The predicted molar refractivity (Wildman–Crippen MR) is 108 cm³/mol. The zero-order chi connectivity index (χ0) is 19.9. The summed E-state index contributed by atoms with van der Waals surface area (Å²) < 4.78 is 5.02. The van der Waals surface area contributed by atoms with Gasteiger partial charge in [-0.15, -0.1) is 0 Å². The van der Waals surface area contributed by atoms with E-state index >= 15 is 0 Å². The molecule has 2 aromatic rings. The maximum Gasteiger partial charge on any atom is 0.409 e. The van der Waals surface area contributed by atoms with Gasteiger partial charge in [-0.2, -0.15) is 0 Å². The minimum atomic E-state index is -0.320. The smallest absolute Gasteiger partial charge is 0.409 e. The molecule has 0 atom stereocenters. The van der Waals surface area contributed by atoms with Gasteiger partial charge in [-0.05, 0) is 37.1 Å². The Hall–Kier alpha value is -3.09. The minimum absolute atomic E-state index is 0.0577. The van der Waals surface area contributed by atoms with Crippen LogP contribution in [-0.4, -0.2) is 59.6 Å². The first kappa shape index (κ1) is 19.7. The Kier molecular flexibility index (Phi) is 6.47. The summed E-state index contributed by atoms with van der Waals surface area (Å²) in [4.78, 5) is 32.4. The van der Waals surface area contributed by atoms with Crippen LogP contribution in [0.15, 0.2) is 42.6 Å². The van der Waals surface area contributed by atoms with Gasteiger partial charge in [0, 0.05) is 43.6 Å². The lowest BCUT2D eigenvalue weighted by molar-refractivity contribution is 0.0570. The third kappa shape index (κ3) is 4.60. The van der Waals surface area contributed by atoms with Crippen molar-refractivity contribution in [2.75, 3.05) is 38.1 Å². The lowest BCUT2D eigenvalue weighted by atomic mass is 10.1. The van der Waals surface area contributed by atoms with Crippen LogP contribution in [0.25, 0.3) is 0 Å². The van der Waals surface area contributed by atoms with Crippen molar-refractivity contribution in [3.05, 3.63) is 53.7 Å². The van der Waals surface area contributed by atoms with Crippen molar-refractivity contribution in [2.45, 2.75) is 20.3 Å². The number of para-hydroxylation sites is 1. The van der Waals surface area contributed by atoms with Crippen LogP contribution >= 0.6 is 0 Å². The molecule has 1 aliphatic rings. The molecule has 0 aliphatic carbocycles. The fourth-order valence-electron chi connectivity index (χ4n) is 3.21. The Morgan fingerprint density at radius 1 is 1.07 bits per heavy atom. The van der Waals surface area contributed by atoms with Gasteiger partial charge in [0.05, 0.1) is 6.61 Å². The number of aromatic nitrogens is 1. The average Bonchev–Trinajstić information content (AvgIpc) is 2.74. The molecule has 1 aliphatic heterocycles. The van der Waals surface area contributed by atoms with E-state index in [4.69, 9.17) is 4.74 Å². The number of piperazine rings is 1. The monoisotopic (exact) mass is 382 g/mol. The lowest BCUT2D eigenvalue weighted by Gasteiger charge is -2.34. The van der Waals surface area contributed by atoms with Gasteiger partial charge in [0.15, 0.2) is 0 Å². The molecule has 0 unspecified atom stereocenters. The third-order valence-corrected chi connectivity index (χ3v) is 4.76. The van der Waals surface area contributed by atoms with E-state index in [0.29, 0.717) is 44.2 Å². The van der Waals surface area contributed by atoms with Crippen LogP contribution in [0.5, 0.6) is 0 Å². The highest BCUT2D eigenvalue weighted by atomic mass is 16.6. The van der Waals surface area contributed by atoms with E-state index in [-0.39, 0.29) is 12.0 Å². The average molecular weight is 382 g/mol. The van der Waals surface area contributed by atoms with Gasteiger partial charge in [-0.25, -0.2) is 9.78 Å². The molecule has 148 valence electrons. The SMILES string of the molecule is CCOC(=O)N1CCN(C(=O)c2ccnc(Nc3ccccc3CC)c2)CC1. The molecule has 0 radical (unpaired) electrons. The highest BCUT2D eigenvalue weighted by Gasteiger charge is 2.25. The maximum atomic E-state index is 12.9. The van der Waals surface area contributed by atoms with Crippen LogP contribution in [0.1, 0.15) is 29.8 Å². The van der Waals surface area contributed by atoms with Crippen molar-refractivity contribution in [1.82, 2.24) is 14.8 Å². The summed E-state index contributed by atoms with van der Waals surface area (Å²) in [6, 6.07) is 11.5. The molecule has 0 bridgehead atoms. The number of benzene rings is 1. The Labute approximate surface area is 165 Å². The molecule has 1 fully saturated rings. The molecule has 1 aromatic heterocycles. The molecule has 7 heteroatoms. The number of nitrogens with zero attached hydrogens (tertiary/aromatic N) is 3. The minimum Gasteiger partial charge on any atom is -0.450 e. The zero-order valence-corrected chi connectivity index (χ0v) is 16.4. The molecule has 1 N–H and O–H groups in total. The van der Waals surface area contributed by atoms with E-state index in [1.165, 1.54) is 5.56 Å². The highest BCUT2D eigenvalue weighted by Crippen LogP contribution is 2.21. The number of nitrogens with one attached hydrogen (secondary N) is 1. The molecule has 1 saturated heterocycles. The first-order valence-electron chi connectivity index (χ1n) is 9.64. The molecular weight excluding hydrogens is 356 g/mol. The second-order valence-electron chi connectivity index (χ2n) is 6.54. The van der Waals surface area contributed by atoms with Crippen LogP contribution in [0.3, 0.4) is 0 Å². The van der Waals surface area contributed by atoms with E-state index in [1.54, 1.807) is 35.1 Å². The van der Waals surface area contributed by atoms with E-state index in [0.717, 1.165) is 12.1 Å². The zero-order valence-electron chi connectivity index (χ0n) is 16.4. The van der Waals surface area contributed by atoms with E-state index in [1.807, 2.05) is 18.2 Å². The van der Waals surface area contributed by atoms with Gasteiger partial charge < -0.3 is 19.9 Å². The van der Waals surface area contributed by atoms with Gasteiger partial charge in [0.1, 0.15) is 5.82 Å². The number of pyridine rings is 1. The van der Waals surface area contributed by atoms with E-state index < -0.39 is 0 Å². The second-order valence-corrected chi connectivity index (χ2v) is 6.54. The third-order valence-electron chi connectivity index (χ3n) is 4.76. The van der Waals surface area contributed by atoms with Crippen molar-refractivity contribution in [3.63, 3.8) is 0 Å². The van der Waals surface area contributed by atoms with Crippen molar-refractivity contribution >= 4 is 23.5 Å². The number of hydrogen-bond donors (Lipinski definition) is 1. The van der Waals surface area contributed by atoms with Gasteiger partial charge in [-0.1, -0.05) is 25.1 Å². The Morgan fingerprint density at radius 3 is 2.50 bits per heavy atom. The van der Waals surface area contributed by atoms with Crippen LogP contribution < -0.4 is 5.32 Å². The van der Waals surface area contributed by atoms with E-state index in [9.17, 15) is 9.59 Å². The van der Waals surface area contributed by atoms with Gasteiger partial charge in [-0.3, -0.25) is 4.79 Å². The van der Waals surface area contributed by atoms with Crippen LogP contribution in [0.4, 0.5) is 16.3 Å². The largest absolute Gasteiger partial charge is 0.450 e. The molecule has 3 rings (SSSR count). The number of amides is 2. The Balaban J connectivity index is 1.65. The summed E-state index contributed by atoms with van der Waals surface area (Å²) in [7, 11) is 0. The summed E-state index contributed by atoms with van der Waals surface area (Å²) in [6.07, 6.45) is 2.23. The second kappa shape index (κ2) is 9.21. The topological polar surface area (TPSA) is 74.8 Å². The Morgan fingerprint density at radius 2 is 1.79 bits per heavy atom. The summed E-state index contributed by atoms with van der Waals surface area (Å²) in [5.41, 5.74) is 2.76. The van der Waals surface area contributed by atoms with Gasteiger partial charge in [0.2, 0.25) is 0 Å². The number of carbonyl (C=O) groups excluding carboxylic acids is 2. The number of anilines is 2. The first-order valence-corrected chi connectivity index (χ1v) is 9.64. The molecule has 2 amide bonds. The van der Waals surface area contributed by atoms with Crippen molar-refractivity contribution in [2.24, 2.45) is 0 Å². The molecule has 0 saturated carbocycles. The molecular formula is C21H26N4O3. The lowest BCUT2D eigenvalue weighted by Crippen LogP contribution is -2.50. The van der Waals surface area contributed by atoms with Crippen LogP contribution in [0.2, 0.25) is 0 Å². The van der Waals surface area contributed by atoms with Crippen molar-refractivity contribution < 1.29 is 14.3 Å². The standard InChI is InChI=1S/C21H26N4O3/c1-3-16-7-5-6-8-18(16)23-19-15-17(9-10-22-19)20(26)24-11-13-25(14-12-24)21(27)28-4-2/h5-10,15H,3-4,11-14H2,1-2H3,(H,22,23). The van der Waals surface area contributed by atoms with E-state index in [2.05, 4.69) is 23.3 Å². The number of ether oxygens (including phenoxy) is 1. The molecule has 7 nitrogen and oxygen atoms in total.